The van der Waals surface area contributed by atoms with Crippen molar-refractivity contribution < 1.29 is 9.90 Å². The van der Waals surface area contributed by atoms with E-state index in [1.807, 2.05) is 0 Å². The number of hydrogen-bond acceptors (Lipinski definition) is 3. The maximum atomic E-state index is 10.3. The van der Waals surface area contributed by atoms with Crippen molar-refractivity contribution >= 4 is 24.3 Å². The predicted molar refractivity (Wildman–Crippen MR) is 57.4 cm³/mol. The second-order valence-electron chi connectivity index (χ2n) is 2.75. The first-order valence-corrected chi connectivity index (χ1v) is 4.08. The van der Waals surface area contributed by atoms with E-state index in [9.17, 15) is 4.79 Å². The van der Waals surface area contributed by atoms with Crippen molar-refractivity contribution in [3.63, 3.8) is 0 Å². The number of carbonyl (C=O) groups is 1. The molecule has 0 aliphatic carbocycles. The molecule has 7 heteroatoms. The number of carboxylic acid groups (broad SMARTS) is 1. The highest BCUT2D eigenvalue weighted by Gasteiger charge is 2.09. The van der Waals surface area contributed by atoms with Gasteiger partial charge < -0.3 is 22.3 Å². The molecule has 0 aromatic heterocycles. The number of guanidine groups is 1. The van der Waals surface area contributed by atoms with Crippen molar-refractivity contribution in [2.24, 2.45) is 22.2 Å². The molecular weight excluding hydrogens is 208 g/mol. The van der Waals surface area contributed by atoms with Crippen LogP contribution in [0.15, 0.2) is 4.99 Å². The summed E-state index contributed by atoms with van der Waals surface area (Å²) in [5.74, 6) is -0.913. The zero-order valence-electron chi connectivity index (χ0n) is 7.85. The predicted octanol–water partition coefficient (Wildman–Crippen LogP) is -0.736. The molecule has 0 saturated carbocycles. The van der Waals surface area contributed by atoms with Gasteiger partial charge in [0.25, 0.3) is 0 Å². The largest absolute Gasteiger partial charge is 0.480 e. The number of unbranched alkanes of at least 4 members (excludes halogenated alkanes) is 1. The molecule has 0 radical (unpaired) electrons. The molecule has 0 fully saturated rings. The highest BCUT2D eigenvalue weighted by molar-refractivity contribution is 5.85. The molecule has 0 heterocycles. The Morgan fingerprint density at radius 1 is 1.36 bits per heavy atom. The summed E-state index contributed by atoms with van der Waals surface area (Å²) in [7, 11) is 0. The van der Waals surface area contributed by atoms with Gasteiger partial charge in [-0.3, -0.25) is 9.79 Å². The molecule has 6 nitrogen and oxygen atoms in total. The molecule has 0 amide bonds. The van der Waals surface area contributed by atoms with Crippen LogP contribution in [0, 0.1) is 0 Å². The molecule has 0 aliphatic heterocycles. The van der Waals surface area contributed by atoms with Gasteiger partial charge in [-0.25, -0.2) is 0 Å². The minimum atomic E-state index is -0.971. The third-order valence-corrected chi connectivity index (χ3v) is 1.53. The van der Waals surface area contributed by atoms with Crippen LogP contribution >= 0.6 is 12.4 Å². The van der Waals surface area contributed by atoms with Gasteiger partial charge in [0.2, 0.25) is 0 Å². The number of halogens is 1. The van der Waals surface area contributed by atoms with E-state index >= 15 is 0 Å². The van der Waals surface area contributed by atoms with Gasteiger partial charge in [-0.15, -0.1) is 12.4 Å². The molecule has 0 spiro atoms. The first-order valence-electron chi connectivity index (χ1n) is 4.08. The van der Waals surface area contributed by atoms with Crippen molar-refractivity contribution in [1.29, 1.82) is 0 Å². The Hall–Kier alpha value is -1.01. The van der Waals surface area contributed by atoms with Crippen LogP contribution in [0.4, 0.5) is 0 Å². The highest BCUT2D eigenvalue weighted by Crippen LogP contribution is 1.99. The summed E-state index contributed by atoms with van der Waals surface area (Å²) in [6.07, 6.45) is 1.92. The Bertz CT molecular complexity index is 194. The van der Waals surface area contributed by atoms with Crippen LogP contribution in [0.25, 0.3) is 0 Å². The molecule has 1 atom stereocenters. The molecule has 0 aliphatic rings. The van der Waals surface area contributed by atoms with Crippen LogP contribution in [0.3, 0.4) is 0 Å². The smallest absolute Gasteiger partial charge is 0.320 e. The van der Waals surface area contributed by atoms with Crippen molar-refractivity contribution in [2.45, 2.75) is 25.3 Å². The molecule has 84 valence electrons. The van der Waals surface area contributed by atoms with Crippen LogP contribution in [-0.4, -0.2) is 29.6 Å². The number of nitrogens with two attached hydrogens (primary N) is 3. The summed E-state index contributed by atoms with van der Waals surface area (Å²) in [6, 6.07) is -0.779. The lowest BCUT2D eigenvalue weighted by Crippen LogP contribution is -2.29. The molecule has 0 saturated heterocycles. The zero-order valence-corrected chi connectivity index (χ0v) is 8.67. The van der Waals surface area contributed by atoms with Crippen LogP contribution < -0.4 is 17.2 Å². The van der Waals surface area contributed by atoms with Crippen molar-refractivity contribution in [1.82, 2.24) is 0 Å². The normalized spacial score (nSPS) is 11.2. The van der Waals surface area contributed by atoms with Gasteiger partial charge in [0, 0.05) is 6.54 Å². The third kappa shape index (κ3) is 9.08. The lowest BCUT2D eigenvalue weighted by atomic mass is 10.1. The Labute approximate surface area is 89.0 Å². The molecule has 0 aromatic carbocycles. The third-order valence-electron chi connectivity index (χ3n) is 1.53. The monoisotopic (exact) mass is 224 g/mol. The molecule has 14 heavy (non-hydrogen) atoms. The van der Waals surface area contributed by atoms with E-state index in [1.165, 1.54) is 0 Å². The van der Waals surface area contributed by atoms with Gasteiger partial charge in [-0.05, 0) is 19.3 Å². The Kier molecular flexibility index (Phi) is 9.48. The lowest BCUT2D eigenvalue weighted by molar-refractivity contribution is -0.138. The van der Waals surface area contributed by atoms with Crippen molar-refractivity contribution in [3.8, 4) is 0 Å². The van der Waals surface area contributed by atoms with Gasteiger partial charge >= 0.3 is 5.97 Å². The summed E-state index contributed by atoms with van der Waals surface area (Å²) >= 11 is 0. The zero-order chi connectivity index (χ0) is 10.3. The van der Waals surface area contributed by atoms with Crippen LogP contribution in [0.5, 0.6) is 0 Å². The van der Waals surface area contributed by atoms with Crippen molar-refractivity contribution in [3.05, 3.63) is 0 Å². The average molecular weight is 225 g/mol. The number of nitrogens with zero attached hydrogens (tertiary/aromatic N) is 1. The summed E-state index contributed by atoms with van der Waals surface area (Å²) < 4.78 is 0. The van der Waals surface area contributed by atoms with Gasteiger partial charge in [0.05, 0.1) is 0 Å². The van der Waals surface area contributed by atoms with E-state index in [0.717, 1.165) is 6.42 Å². The molecular formula is C7H17ClN4O2. The van der Waals surface area contributed by atoms with E-state index in [-0.39, 0.29) is 18.4 Å². The van der Waals surface area contributed by atoms with Crippen LogP contribution in [-0.2, 0) is 4.79 Å². The minimum Gasteiger partial charge on any atom is -0.480 e. The molecule has 7 N–H and O–H groups in total. The Balaban J connectivity index is 0. The fourth-order valence-corrected chi connectivity index (χ4v) is 0.808. The SMILES string of the molecule is Cl.NC(N)=NCCCC[C@H](N)C(=O)O. The lowest BCUT2D eigenvalue weighted by Gasteiger charge is -2.04. The number of aliphatic carboxylic acids is 1. The number of hydrogen-bond donors (Lipinski definition) is 4. The summed E-state index contributed by atoms with van der Waals surface area (Å²) in [5.41, 5.74) is 15.5. The Morgan fingerprint density at radius 2 is 1.93 bits per heavy atom. The topological polar surface area (TPSA) is 128 Å². The van der Waals surface area contributed by atoms with Gasteiger partial charge in [-0.1, -0.05) is 0 Å². The second-order valence-corrected chi connectivity index (χ2v) is 2.75. The number of carboxylic acids is 1. The fraction of sp³-hybridized carbons (Fsp3) is 0.714. The highest BCUT2D eigenvalue weighted by atomic mass is 35.5. The molecule has 0 rings (SSSR count). The molecule has 0 bridgehead atoms. The van der Waals surface area contributed by atoms with Gasteiger partial charge in [0.1, 0.15) is 6.04 Å². The standard InChI is InChI=1S/C7H16N4O2.ClH/c8-5(6(12)13)3-1-2-4-11-7(9)10;/h5H,1-4,8H2,(H,12,13)(H4,9,10,11);1H/t5-;/m0./s1. The van der Waals surface area contributed by atoms with E-state index in [4.69, 9.17) is 22.3 Å². The molecule has 0 unspecified atom stereocenters. The second kappa shape index (κ2) is 8.58. The summed E-state index contributed by atoms with van der Waals surface area (Å²) in [5, 5.41) is 8.43. The average Bonchev–Trinajstić information content (AvgIpc) is 2.02. The van der Waals surface area contributed by atoms with E-state index in [1.54, 1.807) is 0 Å². The maximum Gasteiger partial charge on any atom is 0.320 e. The quantitative estimate of drug-likeness (QED) is 0.269. The number of aliphatic imine (C=N–C) groups is 1. The summed E-state index contributed by atoms with van der Waals surface area (Å²) in [4.78, 5) is 14.0. The van der Waals surface area contributed by atoms with E-state index < -0.39 is 12.0 Å². The maximum absolute atomic E-state index is 10.3. The minimum absolute atomic E-state index is 0. The first-order chi connectivity index (χ1) is 6.04. The molecule has 0 aromatic rings. The summed E-state index contributed by atoms with van der Waals surface area (Å²) in [6.45, 7) is 0.522. The van der Waals surface area contributed by atoms with E-state index in [2.05, 4.69) is 4.99 Å². The van der Waals surface area contributed by atoms with Crippen molar-refractivity contribution in [2.75, 3.05) is 6.54 Å². The Morgan fingerprint density at radius 3 is 2.36 bits per heavy atom. The van der Waals surface area contributed by atoms with Gasteiger partial charge in [0.15, 0.2) is 5.96 Å². The number of rotatable bonds is 6. The first kappa shape index (κ1) is 15.5. The fourth-order valence-electron chi connectivity index (χ4n) is 0.808. The van der Waals surface area contributed by atoms with Crippen LogP contribution in [0.1, 0.15) is 19.3 Å². The van der Waals surface area contributed by atoms with Gasteiger partial charge in [-0.2, -0.15) is 0 Å². The van der Waals surface area contributed by atoms with Crippen LogP contribution in [0.2, 0.25) is 0 Å². The van der Waals surface area contributed by atoms with E-state index in [0.29, 0.717) is 19.4 Å².